The van der Waals surface area contributed by atoms with Crippen molar-refractivity contribution in [3.8, 4) is 70.0 Å². The van der Waals surface area contributed by atoms with Gasteiger partial charge in [0.25, 0.3) is 0 Å². The minimum Gasteiger partial charge on any atom is -0.309 e. The van der Waals surface area contributed by atoms with Crippen LogP contribution in [-0.2, 0) is 6.18 Å². The Labute approximate surface area is 339 Å². The fourth-order valence-corrected chi connectivity index (χ4v) is 8.07. The molecule has 8 nitrogen and oxygen atoms in total. The maximum absolute atomic E-state index is 14.8. The first-order valence-corrected chi connectivity index (χ1v) is 18.2. The zero-order chi connectivity index (χ0) is 41.9. The fourth-order valence-electron chi connectivity index (χ4n) is 8.07. The van der Waals surface area contributed by atoms with Crippen molar-refractivity contribution in [3.63, 3.8) is 0 Å². The van der Waals surface area contributed by atoms with Gasteiger partial charge in [0, 0.05) is 32.7 Å². The van der Waals surface area contributed by atoms with E-state index >= 15 is 0 Å². The van der Waals surface area contributed by atoms with Gasteiger partial charge >= 0.3 is 6.18 Å². The van der Waals surface area contributed by atoms with Gasteiger partial charge in [0.1, 0.15) is 0 Å². The number of fused-ring (bicyclic) bond motifs is 6. The third kappa shape index (κ3) is 5.72. The highest BCUT2D eigenvalue weighted by molar-refractivity contribution is 6.12. The molecule has 2 aromatic heterocycles. The van der Waals surface area contributed by atoms with Crippen LogP contribution in [0.15, 0.2) is 127 Å². The Kier molecular flexibility index (Phi) is 8.40. The van der Waals surface area contributed by atoms with E-state index in [1.54, 1.807) is 115 Å². The number of nitriles is 6. The normalized spacial score (nSPS) is 11.2. The Hall–Kier alpha value is -9.13. The van der Waals surface area contributed by atoms with Crippen molar-refractivity contribution in [2.75, 3.05) is 0 Å². The summed E-state index contributed by atoms with van der Waals surface area (Å²) in [5.74, 6) is 0. The van der Waals surface area contributed by atoms with Crippen LogP contribution < -0.4 is 0 Å². The summed E-state index contributed by atoms with van der Waals surface area (Å²) in [6.07, 6.45) is -4.81. The van der Waals surface area contributed by atoms with Crippen LogP contribution in [0.4, 0.5) is 13.2 Å². The zero-order valence-electron chi connectivity index (χ0n) is 30.8. The SMILES string of the molecule is N#Cc1ccc(-c2cc(-c3ccc(C#N)cc3C(F)(F)F)ccc2-n2c3ccc(C#N)cc3c3cc(C#N)ccc32)c(-n2c3ccc(C#N)cc3c3cc(C#N)ccc32)c1. The number of nitrogens with zero attached hydrogens (tertiary/aromatic N) is 8. The second kappa shape index (κ2) is 13.8. The van der Waals surface area contributed by atoms with E-state index in [0.29, 0.717) is 93.9 Å². The lowest BCUT2D eigenvalue weighted by atomic mass is 9.92. The summed E-state index contributed by atoms with van der Waals surface area (Å²) in [7, 11) is 0. The van der Waals surface area contributed by atoms with Gasteiger partial charge in [-0.1, -0.05) is 18.2 Å². The first-order valence-electron chi connectivity index (χ1n) is 18.2. The Morgan fingerprint density at radius 1 is 0.350 bits per heavy atom. The second-order valence-electron chi connectivity index (χ2n) is 14.0. The first kappa shape index (κ1) is 36.5. The quantitative estimate of drug-likeness (QED) is 0.173. The van der Waals surface area contributed by atoms with Gasteiger partial charge in [0.2, 0.25) is 0 Å². The molecule has 7 aromatic carbocycles. The van der Waals surface area contributed by atoms with E-state index in [1.807, 2.05) is 9.13 Å². The van der Waals surface area contributed by atoms with Crippen molar-refractivity contribution in [1.29, 1.82) is 31.6 Å². The van der Waals surface area contributed by atoms with Crippen molar-refractivity contribution in [2.24, 2.45) is 0 Å². The molecule has 11 heteroatoms. The summed E-state index contributed by atoms with van der Waals surface area (Å²) in [6.45, 7) is 0. The Morgan fingerprint density at radius 3 is 1.13 bits per heavy atom. The van der Waals surface area contributed by atoms with E-state index in [1.165, 1.54) is 12.1 Å². The van der Waals surface area contributed by atoms with Crippen LogP contribution in [0.25, 0.3) is 77.2 Å². The van der Waals surface area contributed by atoms with E-state index in [4.69, 9.17) is 0 Å². The molecule has 0 aliphatic heterocycles. The molecule has 0 aliphatic rings. The number of hydrogen-bond donors (Lipinski definition) is 0. The summed E-state index contributed by atoms with van der Waals surface area (Å²) >= 11 is 0. The monoisotopic (exact) mass is 778 g/mol. The highest BCUT2D eigenvalue weighted by Crippen LogP contribution is 2.45. The van der Waals surface area contributed by atoms with Gasteiger partial charge < -0.3 is 9.13 Å². The van der Waals surface area contributed by atoms with E-state index < -0.39 is 11.7 Å². The average Bonchev–Trinajstić information content (AvgIpc) is 3.78. The van der Waals surface area contributed by atoms with Gasteiger partial charge in [-0.3, -0.25) is 0 Å². The molecule has 9 rings (SSSR count). The predicted molar refractivity (Wildman–Crippen MR) is 219 cm³/mol. The standard InChI is InChI=1S/C49H21F3N8/c50-49(51,52)42-19-32(26-57)1-8-35(42)34-7-14-47(59-43-10-3-28(22-53)15-37(43)38-16-29(23-54)4-11-44(38)59)41(21-34)36-9-2-33(27-58)20-48(36)60-45-12-5-30(24-55)17-39(45)40-18-31(25-56)6-13-46(40)60/h1-21H. The van der Waals surface area contributed by atoms with Crippen LogP contribution in [0.2, 0.25) is 0 Å². The summed E-state index contributed by atoms with van der Waals surface area (Å²) in [6, 6.07) is 46.8. The van der Waals surface area contributed by atoms with E-state index in [0.717, 1.165) is 6.07 Å². The van der Waals surface area contributed by atoms with Crippen LogP contribution in [-0.4, -0.2) is 9.13 Å². The highest BCUT2D eigenvalue weighted by Gasteiger charge is 2.34. The topological polar surface area (TPSA) is 153 Å². The molecule has 0 radical (unpaired) electrons. The highest BCUT2D eigenvalue weighted by atomic mass is 19.4. The Balaban J connectivity index is 1.45. The summed E-state index contributed by atoms with van der Waals surface area (Å²) < 4.78 is 48.1. The van der Waals surface area contributed by atoms with Crippen molar-refractivity contribution in [2.45, 2.75) is 6.18 Å². The smallest absolute Gasteiger partial charge is 0.309 e. The van der Waals surface area contributed by atoms with Gasteiger partial charge in [-0.2, -0.15) is 44.7 Å². The van der Waals surface area contributed by atoms with Gasteiger partial charge in [0.05, 0.1) is 109 Å². The van der Waals surface area contributed by atoms with Crippen LogP contribution in [0.1, 0.15) is 38.9 Å². The Morgan fingerprint density at radius 2 is 0.717 bits per heavy atom. The van der Waals surface area contributed by atoms with Crippen LogP contribution in [0, 0.1) is 68.0 Å². The molecular formula is C49H21F3N8. The van der Waals surface area contributed by atoms with Crippen molar-refractivity contribution in [1.82, 2.24) is 9.13 Å². The fraction of sp³-hybridized carbons (Fsp3) is 0.0204. The lowest BCUT2D eigenvalue weighted by Gasteiger charge is -2.21. The molecule has 0 unspecified atom stereocenters. The molecule has 2 heterocycles. The molecule has 0 aliphatic carbocycles. The number of benzene rings is 7. The number of aromatic nitrogens is 2. The number of alkyl halides is 3. The predicted octanol–water partition coefficient (Wildman–Crippen LogP) is 11.5. The van der Waals surface area contributed by atoms with Crippen LogP contribution in [0.5, 0.6) is 0 Å². The number of halogens is 3. The first-order chi connectivity index (χ1) is 29.1. The average molecular weight is 779 g/mol. The molecular weight excluding hydrogens is 758 g/mol. The van der Waals surface area contributed by atoms with Gasteiger partial charge in [0.15, 0.2) is 0 Å². The molecule has 0 spiro atoms. The summed E-state index contributed by atoms with van der Waals surface area (Å²) in [4.78, 5) is 0. The molecule has 9 aromatic rings. The second-order valence-corrected chi connectivity index (χ2v) is 14.0. The molecule has 0 saturated carbocycles. The third-order valence-corrected chi connectivity index (χ3v) is 10.7. The van der Waals surface area contributed by atoms with Gasteiger partial charge in [-0.25, -0.2) is 0 Å². The lowest BCUT2D eigenvalue weighted by Crippen LogP contribution is -2.08. The maximum atomic E-state index is 14.8. The Bertz CT molecular complexity index is 3480. The van der Waals surface area contributed by atoms with E-state index in [-0.39, 0.29) is 16.7 Å². The molecule has 0 amide bonds. The number of rotatable bonds is 4. The minimum absolute atomic E-state index is 0.151. The molecule has 0 fully saturated rings. The van der Waals surface area contributed by atoms with E-state index in [9.17, 15) is 44.7 Å². The summed E-state index contributed by atoms with van der Waals surface area (Å²) in [5.41, 5.74) is 5.31. The summed E-state index contributed by atoms with van der Waals surface area (Å²) in [5, 5.41) is 61.8. The molecule has 0 atom stereocenters. The maximum Gasteiger partial charge on any atom is 0.417 e. The molecule has 60 heavy (non-hydrogen) atoms. The number of hydrogen-bond acceptors (Lipinski definition) is 6. The molecule has 278 valence electrons. The molecule has 0 saturated heterocycles. The van der Waals surface area contributed by atoms with Gasteiger partial charge in [-0.15, -0.1) is 0 Å². The lowest BCUT2D eigenvalue weighted by molar-refractivity contribution is -0.137. The van der Waals surface area contributed by atoms with Crippen LogP contribution >= 0.6 is 0 Å². The van der Waals surface area contributed by atoms with Crippen molar-refractivity contribution >= 4 is 43.6 Å². The van der Waals surface area contributed by atoms with Gasteiger partial charge in [-0.05, 0) is 120 Å². The molecule has 0 bridgehead atoms. The van der Waals surface area contributed by atoms with Crippen molar-refractivity contribution < 1.29 is 13.2 Å². The minimum atomic E-state index is -4.81. The van der Waals surface area contributed by atoms with Crippen molar-refractivity contribution in [3.05, 3.63) is 166 Å². The molecule has 0 N–H and O–H groups in total. The third-order valence-electron chi connectivity index (χ3n) is 10.7. The van der Waals surface area contributed by atoms with E-state index in [2.05, 4.69) is 30.3 Å². The van der Waals surface area contributed by atoms with Crippen LogP contribution in [0.3, 0.4) is 0 Å². The zero-order valence-corrected chi connectivity index (χ0v) is 30.8. The largest absolute Gasteiger partial charge is 0.417 e.